The standard InChI is InChI=1S/C26H24N2O2S.C23H22N2OS.C3H3ClO/c1-3-25(29)27-13-18(14-27)15-28-23-9-8-20(12-24(23)31-16-26(28)30)22-11-17(2)10-19-6-4-5-7-21(19)22;1-15-8-17-4-2-3-5-19(17)20(9-15)18-6-7-21-22(10-18)27-14-23(26)25(21)13-16-11-24-12-16;1-2-3(4)5/h3-12,18H,1,13-16H2,2H3;2-10,16,24H,11-14H2,1H3;2H,1H2. The van der Waals surface area contributed by atoms with Gasteiger partial charge in [0.2, 0.25) is 23.0 Å². The predicted octanol–water partition coefficient (Wildman–Crippen LogP) is 10.3. The Balaban J connectivity index is 0.000000157. The van der Waals surface area contributed by atoms with Crippen molar-refractivity contribution in [3.8, 4) is 22.3 Å². The number of allylic oxidation sites excluding steroid dienone is 1. The van der Waals surface area contributed by atoms with Crippen LogP contribution in [-0.4, -0.2) is 78.6 Å². The van der Waals surface area contributed by atoms with Crippen LogP contribution >= 0.6 is 35.1 Å². The maximum absolute atomic E-state index is 12.7. The lowest BCUT2D eigenvalue weighted by Gasteiger charge is -2.42. The number of hydrogen-bond donors (Lipinski definition) is 1. The highest BCUT2D eigenvalue weighted by molar-refractivity contribution is 8.00. The number of rotatable bonds is 8. The summed E-state index contributed by atoms with van der Waals surface area (Å²) in [7, 11) is 0. The Bertz CT molecular complexity index is 2780. The van der Waals surface area contributed by atoms with Crippen molar-refractivity contribution in [3.05, 3.63) is 146 Å². The first-order chi connectivity index (χ1) is 30.5. The van der Waals surface area contributed by atoms with E-state index in [1.54, 1.807) is 28.4 Å². The Hall–Kier alpha value is -5.65. The molecule has 10 rings (SSSR count). The number of benzene rings is 6. The molecule has 0 bridgehead atoms. The van der Waals surface area contributed by atoms with E-state index in [1.165, 1.54) is 65.9 Å². The average Bonchev–Trinajstić information content (AvgIpc) is 3.26. The summed E-state index contributed by atoms with van der Waals surface area (Å²) in [6, 6.07) is 39.0. The topological polar surface area (TPSA) is 90.0 Å². The van der Waals surface area contributed by atoms with Crippen molar-refractivity contribution in [2.75, 3.05) is 60.6 Å². The van der Waals surface area contributed by atoms with Gasteiger partial charge in [0.15, 0.2) is 0 Å². The van der Waals surface area contributed by atoms with Gasteiger partial charge >= 0.3 is 0 Å². The van der Waals surface area contributed by atoms with E-state index < -0.39 is 5.24 Å². The predicted molar refractivity (Wildman–Crippen MR) is 262 cm³/mol. The molecule has 4 aliphatic rings. The van der Waals surface area contributed by atoms with Crippen molar-refractivity contribution < 1.29 is 19.2 Å². The largest absolute Gasteiger partial charge is 0.338 e. The van der Waals surface area contributed by atoms with Gasteiger partial charge in [-0.25, -0.2) is 0 Å². The van der Waals surface area contributed by atoms with E-state index in [1.807, 2.05) is 9.80 Å². The molecule has 3 amide bonds. The summed E-state index contributed by atoms with van der Waals surface area (Å²) in [6.07, 6.45) is 2.40. The van der Waals surface area contributed by atoms with Gasteiger partial charge in [0.1, 0.15) is 0 Å². The molecule has 0 unspecified atom stereocenters. The number of halogens is 1. The van der Waals surface area contributed by atoms with Crippen LogP contribution in [0.25, 0.3) is 43.8 Å². The third kappa shape index (κ3) is 9.80. The van der Waals surface area contributed by atoms with Crippen LogP contribution in [-0.2, 0) is 19.2 Å². The zero-order valence-electron chi connectivity index (χ0n) is 35.4. The maximum atomic E-state index is 12.7. The lowest BCUT2D eigenvalue weighted by Crippen LogP contribution is -2.54. The van der Waals surface area contributed by atoms with Gasteiger partial charge in [0, 0.05) is 60.9 Å². The SMILES string of the molecule is C=CC(=O)Cl.C=CC(=O)N1CC(CN2C(=O)CSc3cc(-c4cc(C)cc5ccccc45)ccc32)C1.Cc1cc(-c2ccc3c(c2)SCC(=O)N3CC2CNC2)c2ccccc2c1. The number of amides is 3. The van der Waals surface area contributed by atoms with Crippen molar-refractivity contribution in [1.29, 1.82) is 0 Å². The van der Waals surface area contributed by atoms with Gasteiger partial charge in [0.05, 0.1) is 22.9 Å². The van der Waals surface area contributed by atoms with Gasteiger partial charge < -0.3 is 20.0 Å². The molecule has 0 atom stereocenters. The second-order valence-electron chi connectivity index (χ2n) is 16.4. The molecule has 6 aromatic rings. The summed E-state index contributed by atoms with van der Waals surface area (Å²) in [5.74, 6) is 2.20. The summed E-state index contributed by atoms with van der Waals surface area (Å²) in [6.45, 7) is 15.8. The molecule has 2 fully saturated rings. The number of likely N-dealkylation sites (tertiary alicyclic amines) is 1. The summed E-state index contributed by atoms with van der Waals surface area (Å²) in [5.41, 5.74) is 9.44. The highest BCUT2D eigenvalue weighted by atomic mass is 35.5. The second-order valence-corrected chi connectivity index (χ2v) is 18.8. The second kappa shape index (κ2) is 19.4. The van der Waals surface area contributed by atoms with E-state index in [-0.39, 0.29) is 17.7 Å². The van der Waals surface area contributed by atoms with Gasteiger partial charge in [-0.3, -0.25) is 19.2 Å². The van der Waals surface area contributed by atoms with Gasteiger partial charge in [-0.05, 0) is 117 Å². The van der Waals surface area contributed by atoms with Crippen molar-refractivity contribution in [2.45, 2.75) is 23.6 Å². The molecule has 8 nitrogen and oxygen atoms in total. The van der Waals surface area contributed by atoms with Crippen LogP contribution in [0.5, 0.6) is 0 Å². The van der Waals surface area contributed by atoms with Crippen LogP contribution in [0.1, 0.15) is 11.1 Å². The van der Waals surface area contributed by atoms with E-state index in [4.69, 9.17) is 11.6 Å². The molecule has 0 radical (unpaired) electrons. The minimum absolute atomic E-state index is 0.0350. The minimum atomic E-state index is -0.509. The lowest BCUT2D eigenvalue weighted by atomic mass is 9.95. The van der Waals surface area contributed by atoms with Crippen LogP contribution in [0, 0.1) is 25.7 Å². The van der Waals surface area contributed by atoms with E-state index in [2.05, 4.69) is 142 Å². The molecule has 0 aliphatic carbocycles. The molecule has 1 N–H and O–H groups in total. The Morgan fingerprint density at radius 3 is 1.56 bits per heavy atom. The summed E-state index contributed by atoms with van der Waals surface area (Å²) in [5, 5.41) is 7.81. The molecule has 0 spiro atoms. The Labute approximate surface area is 382 Å². The molecule has 0 aromatic heterocycles. The summed E-state index contributed by atoms with van der Waals surface area (Å²) >= 11 is 7.98. The molecule has 11 heteroatoms. The summed E-state index contributed by atoms with van der Waals surface area (Å²) in [4.78, 5) is 54.4. The molecule has 320 valence electrons. The molecular formula is C52H49ClN4O4S2. The van der Waals surface area contributed by atoms with Crippen LogP contribution < -0.4 is 15.1 Å². The van der Waals surface area contributed by atoms with Crippen molar-refractivity contribution in [1.82, 2.24) is 10.2 Å². The van der Waals surface area contributed by atoms with Crippen LogP contribution in [0.3, 0.4) is 0 Å². The maximum Gasteiger partial charge on any atom is 0.245 e. The highest BCUT2D eigenvalue weighted by Gasteiger charge is 2.35. The number of nitrogens with one attached hydrogen (secondary N) is 1. The highest BCUT2D eigenvalue weighted by Crippen LogP contribution is 2.42. The zero-order chi connectivity index (χ0) is 44.2. The van der Waals surface area contributed by atoms with Crippen molar-refractivity contribution >= 4 is 91.0 Å². The number of anilines is 2. The summed E-state index contributed by atoms with van der Waals surface area (Å²) < 4.78 is 0. The Morgan fingerprint density at radius 1 is 0.667 bits per heavy atom. The van der Waals surface area contributed by atoms with E-state index >= 15 is 0 Å². The van der Waals surface area contributed by atoms with Gasteiger partial charge in [-0.15, -0.1) is 23.5 Å². The third-order valence-electron chi connectivity index (χ3n) is 11.8. The van der Waals surface area contributed by atoms with Crippen LogP contribution in [0.15, 0.2) is 144 Å². The number of carbonyl (C=O) groups is 4. The number of fused-ring (bicyclic) bond motifs is 4. The zero-order valence-corrected chi connectivity index (χ0v) is 37.8. The average molecular weight is 894 g/mol. The molecule has 4 heterocycles. The fourth-order valence-electron chi connectivity index (χ4n) is 8.53. The number of carbonyl (C=O) groups excluding carboxylic acids is 4. The molecule has 63 heavy (non-hydrogen) atoms. The van der Waals surface area contributed by atoms with E-state index in [0.717, 1.165) is 42.0 Å². The van der Waals surface area contributed by atoms with E-state index in [9.17, 15) is 19.2 Å². The number of nitrogens with zero attached hydrogens (tertiary/aromatic N) is 3. The van der Waals surface area contributed by atoms with Crippen molar-refractivity contribution in [3.63, 3.8) is 0 Å². The fourth-order valence-corrected chi connectivity index (χ4v) is 10.5. The monoisotopic (exact) mass is 892 g/mol. The molecule has 6 aromatic carbocycles. The van der Waals surface area contributed by atoms with Crippen LogP contribution in [0.4, 0.5) is 11.4 Å². The smallest absolute Gasteiger partial charge is 0.245 e. The van der Waals surface area contributed by atoms with Gasteiger partial charge in [0.25, 0.3) is 0 Å². The first-order valence-electron chi connectivity index (χ1n) is 21.1. The molecule has 2 saturated heterocycles. The normalized spacial score (nSPS) is 15.8. The number of hydrogen-bond acceptors (Lipinski definition) is 7. The molecular weight excluding hydrogens is 844 g/mol. The quantitative estimate of drug-likeness (QED) is 0.120. The number of thioether (sulfide) groups is 2. The minimum Gasteiger partial charge on any atom is -0.338 e. The molecule has 0 saturated carbocycles. The lowest BCUT2D eigenvalue weighted by molar-refractivity contribution is -0.131. The molecule has 4 aliphatic heterocycles. The Kier molecular flexibility index (Phi) is 13.5. The fraction of sp³-hybridized carbons (Fsp3) is 0.231. The van der Waals surface area contributed by atoms with Crippen LogP contribution in [0.2, 0.25) is 0 Å². The Morgan fingerprint density at radius 2 is 1.13 bits per heavy atom. The first kappa shape index (κ1) is 44.0. The number of aryl methyl sites for hydroxylation is 2. The first-order valence-corrected chi connectivity index (χ1v) is 23.4. The van der Waals surface area contributed by atoms with Gasteiger partial charge in [-0.1, -0.05) is 98.1 Å². The third-order valence-corrected chi connectivity index (χ3v) is 14.0. The van der Waals surface area contributed by atoms with Gasteiger partial charge in [-0.2, -0.15) is 0 Å². The van der Waals surface area contributed by atoms with E-state index in [0.29, 0.717) is 43.0 Å². The van der Waals surface area contributed by atoms with Crippen molar-refractivity contribution in [2.24, 2.45) is 11.8 Å².